The van der Waals surface area contributed by atoms with Gasteiger partial charge in [-0.2, -0.15) is 0 Å². The van der Waals surface area contributed by atoms with Crippen LogP contribution in [0.15, 0.2) is 174 Å². The van der Waals surface area contributed by atoms with Gasteiger partial charge >= 0.3 is 0 Å². The topological polar surface area (TPSA) is 56.7 Å². The number of hydrogen-bond acceptors (Lipinski definition) is 4. The Hall–Kier alpha value is -6.85. The molecule has 234 valence electrons. The van der Waals surface area contributed by atoms with E-state index in [2.05, 4.69) is 0 Å². The fourth-order valence-electron chi connectivity index (χ4n) is 6.68. The van der Waals surface area contributed by atoms with Gasteiger partial charge in [0.15, 0.2) is 17.5 Å². The van der Waals surface area contributed by atoms with Gasteiger partial charge in [-0.3, -0.25) is 0 Å². The highest BCUT2D eigenvalue weighted by atomic mass is 16.3. The first-order valence-electron chi connectivity index (χ1n) is 19.6. The zero-order chi connectivity index (χ0) is 39.1. The van der Waals surface area contributed by atoms with Gasteiger partial charge in [0.25, 0.3) is 0 Å². The summed E-state index contributed by atoms with van der Waals surface area (Å²) in [5.74, 6) is 0.606. The number of aromatic nitrogens is 4. The molecule has 5 nitrogen and oxygen atoms in total. The second-order valence-electron chi connectivity index (χ2n) is 11.9. The molecule has 0 aliphatic carbocycles. The molecule has 0 amide bonds. The maximum Gasteiger partial charge on any atom is 0.164 e. The second kappa shape index (κ2) is 11.4. The lowest BCUT2D eigenvalue weighted by Gasteiger charge is -2.11. The number of benzene rings is 7. The molecule has 0 unspecified atom stereocenters. The molecule has 50 heavy (non-hydrogen) atoms. The minimum atomic E-state index is -0.481. The summed E-state index contributed by atoms with van der Waals surface area (Å²) >= 11 is 0. The van der Waals surface area contributed by atoms with Crippen molar-refractivity contribution in [3.63, 3.8) is 0 Å². The minimum Gasteiger partial charge on any atom is -0.456 e. The molecule has 3 heterocycles. The molecule has 0 bridgehead atoms. The SMILES string of the molecule is [2H]c1c([2H])c([2H])c2c(c1[2H])c1c([2H])c(-c3nc(-c4ccccc4)nc(-c4ccccc4)n3)c([2H])c([2H])c1n2-c1cccc2oc3cccc(-c4ccccc4)c3c12. The van der Waals surface area contributed by atoms with E-state index in [4.69, 9.17) is 22.1 Å². The monoisotopic (exact) mass is 647 g/mol. The van der Waals surface area contributed by atoms with Gasteiger partial charge in [-0.1, -0.05) is 127 Å². The summed E-state index contributed by atoms with van der Waals surface area (Å²) in [5, 5.41) is 1.54. The summed E-state index contributed by atoms with van der Waals surface area (Å²) in [6, 6.07) is 37.1. The molecule has 0 N–H and O–H groups in total. The van der Waals surface area contributed by atoms with Gasteiger partial charge in [-0.05, 0) is 53.5 Å². The third-order valence-corrected chi connectivity index (χ3v) is 8.91. The number of nitrogens with zero attached hydrogens (tertiary/aromatic N) is 4. The Kier molecular flexibility index (Phi) is 4.99. The molecule has 10 rings (SSSR count). The molecule has 0 aliphatic rings. The van der Waals surface area contributed by atoms with Crippen LogP contribution < -0.4 is 0 Å². The normalized spacial score (nSPS) is 13.6. The molecule has 3 aromatic heterocycles. The first-order valence-corrected chi connectivity index (χ1v) is 16.1. The molecule has 0 fully saturated rings. The largest absolute Gasteiger partial charge is 0.456 e. The molecule has 0 saturated carbocycles. The molecule has 0 aliphatic heterocycles. The Morgan fingerprint density at radius 3 is 1.70 bits per heavy atom. The summed E-state index contributed by atoms with van der Waals surface area (Å²) in [7, 11) is 0. The summed E-state index contributed by atoms with van der Waals surface area (Å²) in [6.45, 7) is 0. The number of hydrogen-bond donors (Lipinski definition) is 0. The molecule has 0 radical (unpaired) electrons. The van der Waals surface area contributed by atoms with Crippen molar-refractivity contribution in [3.05, 3.63) is 170 Å². The number of rotatable bonds is 5. The quantitative estimate of drug-likeness (QED) is 0.186. The highest BCUT2D eigenvalue weighted by molar-refractivity contribution is 6.18. The molecule has 0 spiro atoms. The fourth-order valence-corrected chi connectivity index (χ4v) is 6.68. The van der Waals surface area contributed by atoms with Crippen molar-refractivity contribution >= 4 is 43.7 Å². The molecule has 10 aromatic rings. The van der Waals surface area contributed by atoms with Crippen LogP contribution in [-0.4, -0.2) is 19.5 Å². The van der Waals surface area contributed by atoms with Gasteiger partial charge in [0, 0.05) is 32.8 Å². The van der Waals surface area contributed by atoms with Gasteiger partial charge < -0.3 is 8.98 Å². The van der Waals surface area contributed by atoms with E-state index in [0.717, 1.165) is 16.5 Å². The first-order chi connectivity index (χ1) is 27.7. The standard InChI is InChI=1S/C45H28N4O/c1-4-14-29(15-5-1)33-21-12-24-39-41(33)42-38(23-13-25-40(42)50-39)49-36-22-11-10-20-34(36)35-28-32(26-27-37(35)49)45-47-43(30-16-6-2-7-17-30)46-44(48-45)31-18-8-3-9-19-31/h1-28H/i10D,11D,20D,22D,26D,27D,28D. The van der Waals surface area contributed by atoms with Crippen molar-refractivity contribution in [2.75, 3.05) is 0 Å². The zero-order valence-electron chi connectivity index (χ0n) is 33.3. The van der Waals surface area contributed by atoms with E-state index in [1.807, 2.05) is 121 Å². The molecule has 7 aromatic carbocycles. The van der Waals surface area contributed by atoms with Gasteiger partial charge in [0.2, 0.25) is 0 Å². The van der Waals surface area contributed by atoms with E-state index >= 15 is 0 Å². The van der Waals surface area contributed by atoms with Crippen LogP contribution in [0.1, 0.15) is 9.60 Å². The van der Waals surface area contributed by atoms with Crippen LogP contribution in [0, 0.1) is 0 Å². The van der Waals surface area contributed by atoms with Crippen LogP contribution in [-0.2, 0) is 0 Å². The Morgan fingerprint density at radius 1 is 0.460 bits per heavy atom. The molecule has 0 atom stereocenters. The predicted molar refractivity (Wildman–Crippen MR) is 203 cm³/mol. The fraction of sp³-hybridized carbons (Fsp3) is 0. The summed E-state index contributed by atoms with van der Waals surface area (Å²) < 4.78 is 73.1. The highest BCUT2D eigenvalue weighted by Crippen LogP contribution is 2.42. The van der Waals surface area contributed by atoms with Crippen molar-refractivity contribution in [3.8, 4) is 51.0 Å². The maximum absolute atomic E-state index is 9.84. The Labute approximate surface area is 297 Å². The zero-order valence-corrected chi connectivity index (χ0v) is 26.3. The lowest BCUT2D eigenvalue weighted by molar-refractivity contribution is 0.669. The van der Waals surface area contributed by atoms with Crippen molar-refractivity contribution in [2.24, 2.45) is 0 Å². The average Bonchev–Trinajstić information content (AvgIpc) is 3.82. The summed E-state index contributed by atoms with van der Waals surface area (Å²) in [6.07, 6.45) is 0. The lowest BCUT2D eigenvalue weighted by Crippen LogP contribution is -2.00. The predicted octanol–water partition coefficient (Wildman–Crippen LogP) is 11.5. The second-order valence-corrected chi connectivity index (χ2v) is 11.9. The molecular weight excluding hydrogens is 613 g/mol. The minimum absolute atomic E-state index is 0.00900. The van der Waals surface area contributed by atoms with E-state index in [1.54, 1.807) is 10.6 Å². The van der Waals surface area contributed by atoms with Gasteiger partial charge in [0.05, 0.1) is 31.7 Å². The van der Waals surface area contributed by atoms with Gasteiger partial charge in [-0.25, -0.2) is 15.0 Å². The van der Waals surface area contributed by atoms with Crippen LogP contribution in [0.5, 0.6) is 0 Å². The highest BCUT2D eigenvalue weighted by Gasteiger charge is 2.21. The van der Waals surface area contributed by atoms with E-state index < -0.39 is 12.1 Å². The smallest absolute Gasteiger partial charge is 0.164 e. The first kappa shape index (κ1) is 21.9. The average molecular weight is 648 g/mol. The molecule has 5 heteroatoms. The Morgan fingerprint density at radius 2 is 1.02 bits per heavy atom. The maximum atomic E-state index is 9.84. The third kappa shape index (κ3) is 4.52. The van der Waals surface area contributed by atoms with Gasteiger partial charge in [0.1, 0.15) is 11.2 Å². The summed E-state index contributed by atoms with van der Waals surface area (Å²) in [5.41, 5.74) is 4.88. The summed E-state index contributed by atoms with van der Waals surface area (Å²) in [4.78, 5) is 14.3. The number of para-hydroxylation sites is 1. The van der Waals surface area contributed by atoms with Crippen molar-refractivity contribution in [1.29, 1.82) is 0 Å². The van der Waals surface area contributed by atoms with E-state index in [0.29, 0.717) is 45.0 Å². The third-order valence-electron chi connectivity index (χ3n) is 8.91. The van der Waals surface area contributed by atoms with Crippen molar-refractivity contribution < 1.29 is 14.0 Å². The van der Waals surface area contributed by atoms with Gasteiger partial charge in [-0.15, -0.1) is 0 Å². The van der Waals surface area contributed by atoms with Crippen LogP contribution in [0.25, 0.3) is 94.7 Å². The molecule has 0 saturated heterocycles. The van der Waals surface area contributed by atoms with E-state index in [9.17, 15) is 6.85 Å². The Bertz CT molecular complexity index is 3200. The number of furan rings is 1. The van der Waals surface area contributed by atoms with Crippen LogP contribution >= 0.6 is 0 Å². The van der Waals surface area contributed by atoms with Crippen LogP contribution in [0.3, 0.4) is 0 Å². The van der Waals surface area contributed by atoms with Crippen molar-refractivity contribution in [1.82, 2.24) is 19.5 Å². The van der Waals surface area contributed by atoms with Crippen LogP contribution in [0.2, 0.25) is 0 Å². The Balaban J connectivity index is 1.36. The van der Waals surface area contributed by atoms with Crippen molar-refractivity contribution in [2.45, 2.75) is 0 Å². The molecular formula is C45H28N4O. The van der Waals surface area contributed by atoms with Crippen LogP contribution in [0.4, 0.5) is 0 Å². The number of fused-ring (bicyclic) bond motifs is 6. The van der Waals surface area contributed by atoms with E-state index in [1.165, 1.54) is 0 Å². The van der Waals surface area contributed by atoms with E-state index in [-0.39, 0.29) is 63.4 Å². The lowest BCUT2D eigenvalue weighted by atomic mass is 9.99.